The molecule has 0 fully saturated rings. The van der Waals surface area contributed by atoms with Crippen LogP contribution in [-0.4, -0.2) is 25.3 Å². The van der Waals surface area contributed by atoms with Crippen LogP contribution in [0.5, 0.6) is 0 Å². The Labute approximate surface area is 149 Å². The van der Waals surface area contributed by atoms with E-state index in [9.17, 15) is 22.8 Å². The fourth-order valence-corrected chi connectivity index (χ4v) is 2.62. The molecule has 0 aliphatic carbocycles. The predicted octanol–water partition coefficient (Wildman–Crippen LogP) is 2.73. The Hall–Kier alpha value is -2.68. The molecule has 10 heteroatoms. The molecular weight excluding hydrogens is 373 g/mol. The van der Waals surface area contributed by atoms with E-state index in [0.717, 1.165) is 6.92 Å². The maximum atomic E-state index is 12.9. The summed E-state index contributed by atoms with van der Waals surface area (Å²) in [5.74, 6) is 0.00285. The Kier molecular flexibility index (Phi) is 4.57. The normalized spacial score (nSPS) is 13.1. The summed E-state index contributed by atoms with van der Waals surface area (Å²) in [6.07, 6.45) is -1.66. The van der Waals surface area contributed by atoms with Crippen molar-refractivity contribution in [3.8, 4) is 11.4 Å². The highest BCUT2D eigenvalue weighted by atomic mass is 35.5. The smallest absolute Gasteiger partial charge is 0.328 e. The van der Waals surface area contributed by atoms with E-state index < -0.39 is 23.5 Å². The minimum Gasteiger partial charge on any atom is -0.328 e. The number of nitrogens with zero attached hydrogens (tertiary/aromatic N) is 4. The second-order valence-corrected chi connectivity index (χ2v) is 6.04. The Balaban J connectivity index is 2.13. The van der Waals surface area contributed by atoms with Gasteiger partial charge < -0.3 is 4.57 Å². The number of hydrogen-bond acceptors (Lipinski definition) is 4. The molecule has 1 aromatic heterocycles. The van der Waals surface area contributed by atoms with Gasteiger partial charge in [-0.25, -0.2) is 14.3 Å². The molecule has 1 atom stereocenters. The third-order valence-electron chi connectivity index (χ3n) is 3.90. The maximum Gasteiger partial charge on any atom is 0.409 e. The fourth-order valence-electron chi connectivity index (χ4n) is 2.51. The first-order valence-electron chi connectivity index (χ1n) is 7.47. The van der Waals surface area contributed by atoms with E-state index in [1.165, 1.54) is 22.9 Å². The lowest BCUT2D eigenvalue weighted by atomic mass is 10.2. The van der Waals surface area contributed by atoms with Gasteiger partial charge in [-0.1, -0.05) is 17.7 Å². The summed E-state index contributed by atoms with van der Waals surface area (Å²) in [5.41, 5.74) is -1.64. The molecule has 0 saturated heterocycles. The molecule has 0 bridgehead atoms. The van der Waals surface area contributed by atoms with Crippen molar-refractivity contribution in [2.24, 2.45) is 0 Å². The van der Waals surface area contributed by atoms with E-state index in [1.54, 1.807) is 18.3 Å². The van der Waals surface area contributed by atoms with Crippen molar-refractivity contribution in [2.75, 3.05) is 0 Å². The lowest BCUT2D eigenvalue weighted by Crippen LogP contribution is -2.44. The van der Waals surface area contributed by atoms with Gasteiger partial charge in [-0.15, -0.1) is 0 Å². The van der Waals surface area contributed by atoms with Gasteiger partial charge in [0.15, 0.2) is 5.82 Å². The molecule has 1 unspecified atom stereocenters. The van der Waals surface area contributed by atoms with Crippen LogP contribution in [0.2, 0.25) is 5.15 Å². The van der Waals surface area contributed by atoms with Crippen molar-refractivity contribution < 1.29 is 13.2 Å². The number of hydrogen-bond donors (Lipinski definition) is 0. The fraction of sp³-hybridized carbons (Fsp3) is 0.250. The molecule has 26 heavy (non-hydrogen) atoms. The topological polar surface area (TPSA) is 69.8 Å². The van der Waals surface area contributed by atoms with Gasteiger partial charge in [0.25, 0.3) is 5.56 Å². The lowest BCUT2D eigenvalue weighted by Gasteiger charge is -2.20. The molecule has 0 aromatic carbocycles. The van der Waals surface area contributed by atoms with Crippen LogP contribution in [0.3, 0.4) is 0 Å². The van der Waals surface area contributed by atoms with E-state index in [1.807, 2.05) is 0 Å². The summed E-state index contributed by atoms with van der Waals surface area (Å²) in [6.45, 7) is 0.957. The molecule has 0 radical (unpaired) electrons. The minimum absolute atomic E-state index is 0.00285. The van der Waals surface area contributed by atoms with Crippen LogP contribution in [0.25, 0.3) is 11.4 Å². The van der Waals surface area contributed by atoms with Gasteiger partial charge in [-0.3, -0.25) is 4.79 Å². The van der Waals surface area contributed by atoms with Crippen LogP contribution in [0, 0.1) is 0 Å². The van der Waals surface area contributed by atoms with Gasteiger partial charge in [-0.05, 0) is 30.7 Å². The Morgan fingerprint density at radius 3 is 2.58 bits per heavy atom. The molecule has 1 aromatic rings. The zero-order valence-electron chi connectivity index (χ0n) is 13.4. The zero-order chi connectivity index (χ0) is 19.1. The first kappa shape index (κ1) is 18.1. The predicted molar refractivity (Wildman–Crippen MR) is 88.5 cm³/mol. The molecule has 6 nitrogen and oxygen atoms in total. The van der Waals surface area contributed by atoms with Crippen LogP contribution < -0.4 is 11.2 Å². The zero-order valence-corrected chi connectivity index (χ0v) is 14.1. The number of pyridine rings is 2. The molecule has 0 N–H and O–H groups in total. The molecular formula is C16H12ClF3N4O2. The van der Waals surface area contributed by atoms with E-state index in [0.29, 0.717) is 10.7 Å². The van der Waals surface area contributed by atoms with Gasteiger partial charge in [-0.2, -0.15) is 18.2 Å². The highest BCUT2D eigenvalue weighted by Crippen LogP contribution is 2.28. The number of aromatic nitrogens is 4. The minimum atomic E-state index is -4.74. The summed E-state index contributed by atoms with van der Waals surface area (Å²) < 4.78 is 40.4. The van der Waals surface area contributed by atoms with Gasteiger partial charge in [0.05, 0.1) is 12.1 Å². The quantitative estimate of drug-likeness (QED) is 0.651. The highest BCUT2D eigenvalue weighted by Gasteiger charge is 2.40. The molecule has 2 aliphatic heterocycles. The molecule has 0 amide bonds. The third kappa shape index (κ3) is 3.34. The third-order valence-corrected chi connectivity index (χ3v) is 4.12. The van der Waals surface area contributed by atoms with Crippen LogP contribution in [0.4, 0.5) is 13.2 Å². The molecule has 136 valence electrons. The maximum absolute atomic E-state index is 12.9. The van der Waals surface area contributed by atoms with Gasteiger partial charge >= 0.3 is 11.9 Å². The Morgan fingerprint density at radius 1 is 1.23 bits per heavy atom. The van der Waals surface area contributed by atoms with Gasteiger partial charge in [0.1, 0.15) is 11.2 Å². The van der Waals surface area contributed by atoms with Crippen molar-refractivity contribution in [3.05, 3.63) is 68.2 Å². The highest BCUT2D eigenvalue weighted by molar-refractivity contribution is 6.29. The molecule has 3 rings (SSSR count). The van der Waals surface area contributed by atoms with E-state index >= 15 is 0 Å². The number of alkyl halides is 3. The average molecular weight is 385 g/mol. The summed E-state index contributed by atoms with van der Waals surface area (Å²) in [5, 5.41) is 0.306. The molecule has 0 saturated carbocycles. The largest absolute Gasteiger partial charge is 0.409 e. The Bertz CT molecular complexity index is 1030. The number of rotatable bonds is 3. The van der Waals surface area contributed by atoms with Crippen molar-refractivity contribution in [3.63, 3.8) is 0 Å². The van der Waals surface area contributed by atoms with Crippen LogP contribution in [0.1, 0.15) is 18.5 Å². The summed E-state index contributed by atoms with van der Waals surface area (Å²) in [4.78, 5) is 32.2. The van der Waals surface area contributed by atoms with Crippen molar-refractivity contribution in [1.29, 1.82) is 0 Å². The number of fused-ring (bicyclic) bond motifs is 1. The van der Waals surface area contributed by atoms with E-state index in [2.05, 4.69) is 9.97 Å². The first-order chi connectivity index (χ1) is 12.2. The van der Waals surface area contributed by atoms with E-state index in [-0.39, 0.29) is 22.5 Å². The lowest BCUT2D eigenvalue weighted by molar-refractivity contribution is -0.164. The first-order valence-corrected chi connectivity index (χ1v) is 7.85. The van der Waals surface area contributed by atoms with E-state index in [4.69, 9.17) is 11.6 Å². The molecule has 3 heterocycles. The van der Waals surface area contributed by atoms with Crippen molar-refractivity contribution >= 4 is 11.6 Å². The van der Waals surface area contributed by atoms with Crippen LogP contribution >= 0.6 is 11.6 Å². The summed E-state index contributed by atoms with van der Waals surface area (Å²) in [6, 6.07) is 3.84. The number of halogens is 4. The van der Waals surface area contributed by atoms with Crippen molar-refractivity contribution in [2.45, 2.75) is 25.7 Å². The average Bonchev–Trinajstić information content (AvgIpc) is 2.57. The summed E-state index contributed by atoms with van der Waals surface area (Å²) >= 11 is 5.73. The second kappa shape index (κ2) is 6.56. The summed E-state index contributed by atoms with van der Waals surface area (Å²) in [7, 11) is 0. The monoisotopic (exact) mass is 384 g/mol. The van der Waals surface area contributed by atoms with Gasteiger partial charge in [0, 0.05) is 12.4 Å². The molecule has 2 aliphatic rings. The van der Waals surface area contributed by atoms with Crippen molar-refractivity contribution in [1.82, 2.24) is 19.1 Å². The van der Waals surface area contributed by atoms with Crippen LogP contribution in [0.15, 0.2) is 46.2 Å². The Morgan fingerprint density at radius 2 is 1.96 bits per heavy atom. The van der Waals surface area contributed by atoms with Gasteiger partial charge in [0.2, 0.25) is 0 Å². The van der Waals surface area contributed by atoms with Crippen LogP contribution in [-0.2, 0) is 6.54 Å². The SMILES string of the molecule is CC(n1c(=O)nc2n(Cc3ccc(Cl)nc3)cccc-2c1=O)C(F)(F)F. The second-order valence-electron chi connectivity index (χ2n) is 5.65. The molecule has 0 spiro atoms. The standard InChI is InChI=1S/C16H12ClF3N4O2/c1-9(16(18,19)20)24-14(25)11-3-2-6-23(13(11)22-15(24)26)8-10-4-5-12(17)21-7-10/h2-7,9H,8H2,1H3.